The van der Waals surface area contributed by atoms with Crippen LogP contribution >= 0.6 is 11.6 Å². The minimum absolute atomic E-state index is 0.0320. The molecule has 2 aromatic carbocycles. The quantitative estimate of drug-likeness (QED) is 0.0552. The smallest absolute Gasteiger partial charge is 0.354 e. The fourth-order valence-electron chi connectivity index (χ4n) is 4.29. The molecule has 0 spiro atoms. The molecule has 0 radical (unpaired) electrons. The fraction of sp³-hybridized carbons (Fsp3) is 0.290. The Labute approximate surface area is 265 Å². The molecule has 0 aliphatic rings. The van der Waals surface area contributed by atoms with Gasteiger partial charge in [-0.25, -0.2) is 9.18 Å². The molecule has 240 valence electrons. The van der Waals surface area contributed by atoms with Crippen LogP contribution in [0.4, 0.5) is 4.39 Å². The molecule has 4 rings (SSSR count). The van der Waals surface area contributed by atoms with Gasteiger partial charge in [-0.3, -0.25) is 14.6 Å². The van der Waals surface area contributed by atoms with Crippen molar-refractivity contribution >= 4 is 34.6 Å². The van der Waals surface area contributed by atoms with E-state index in [1.54, 1.807) is 30.5 Å². The Bertz CT molecular complexity index is 1690. The van der Waals surface area contributed by atoms with Crippen LogP contribution in [0.3, 0.4) is 0 Å². The first-order valence-corrected chi connectivity index (χ1v) is 14.6. The van der Waals surface area contributed by atoms with Crippen LogP contribution in [0.2, 0.25) is 5.02 Å². The van der Waals surface area contributed by atoms with E-state index in [9.17, 15) is 4.79 Å². The van der Waals surface area contributed by atoms with Crippen molar-refractivity contribution in [2.45, 2.75) is 38.3 Å². The summed E-state index contributed by atoms with van der Waals surface area (Å²) in [7, 11) is 1.54. The third-order valence-corrected chi connectivity index (χ3v) is 6.95. The van der Waals surface area contributed by atoms with E-state index in [2.05, 4.69) is 26.5 Å². The van der Waals surface area contributed by atoms with Crippen LogP contribution in [0.15, 0.2) is 76.1 Å². The molecule has 0 aliphatic carbocycles. The first-order valence-electron chi connectivity index (χ1n) is 14.2. The molecule has 1 unspecified atom stereocenters. The molecule has 0 bridgehead atoms. The van der Waals surface area contributed by atoms with Crippen LogP contribution in [-0.4, -0.2) is 52.7 Å². The lowest BCUT2D eigenvalue weighted by Crippen LogP contribution is -2.23. The maximum absolute atomic E-state index is 15.0. The van der Waals surface area contributed by atoms with Crippen molar-refractivity contribution in [1.82, 2.24) is 14.5 Å². The highest BCUT2D eigenvalue weighted by Crippen LogP contribution is 2.31. The number of benzene rings is 2. The van der Waals surface area contributed by atoms with E-state index < -0.39 is 11.5 Å². The number of ether oxygens (including phenoxy) is 1. The molecule has 0 aliphatic heterocycles. The van der Waals surface area contributed by atoms with Crippen molar-refractivity contribution < 1.29 is 9.13 Å². The molecule has 0 fully saturated rings. The van der Waals surface area contributed by atoms with Crippen LogP contribution in [0, 0.1) is 5.82 Å². The largest absolute Gasteiger partial charge is 0.377 e. The number of guanidine groups is 2. The summed E-state index contributed by atoms with van der Waals surface area (Å²) in [6.45, 7) is 5.15. The number of aryl methyl sites for hydroxylation is 1. The van der Waals surface area contributed by atoms with Crippen LogP contribution in [0.1, 0.15) is 30.4 Å². The van der Waals surface area contributed by atoms with Gasteiger partial charge < -0.3 is 38.4 Å². The highest BCUT2D eigenvalue weighted by molar-refractivity contribution is 6.31. The lowest BCUT2D eigenvalue weighted by molar-refractivity contribution is 0.120. The maximum Gasteiger partial charge on any atom is 0.354 e. The van der Waals surface area contributed by atoms with Gasteiger partial charge in [0.2, 0.25) is 0 Å². The first kappa shape index (κ1) is 34.8. The van der Waals surface area contributed by atoms with Crippen molar-refractivity contribution in [2.24, 2.45) is 38.7 Å². The van der Waals surface area contributed by atoms with Crippen LogP contribution in [0.5, 0.6) is 0 Å². The zero-order valence-electron chi connectivity index (χ0n) is 25.2. The van der Waals surface area contributed by atoms with Gasteiger partial charge in [0.1, 0.15) is 5.65 Å². The van der Waals surface area contributed by atoms with Gasteiger partial charge in [-0.15, -0.1) is 6.58 Å². The highest BCUT2D eigenvalue weighted by atomic mass is 35.5. The van der Waals surface area contributed by atoms with Crippen molar-refractivity contribution in [3.05, 3.63) is 93.8 Å². The Morgan fingerprint density at radius 3 is 2.49 bits per heavy atom. The average molecular weight is 639 g/mol. The van der Waals surface area contributed by atoms with E-state index in [1.165, 1.54) is 11.6 Å². The monoisotopic (exact) mass is 638 g/mol. The summed E-state index contributed by atoms with van der Waals surface area (Å²) in [4.78, 5) is 27.4. The second kappa shape index (κ2) is 16.9. The molecule has 12 nitrogen and oxygen atoms in total. The van der Waals surface area contributed by atoms with Crippen LogP contribution < -0.4 is 34.4 Å². The summed E-state index contributed by atoms with van der Waals surface area (Å²) in [6, 6.07) is 12.5. The predicted molar refractivity (Wildman–Crippen MR) is 180 cm³/mol. The molecule has 0 saturated carbocycles. The topological polar surface area (TPSA) is 215 Å². The van der Waals surface area contributed by atoms with E-state index in [1.807, 2.05) is 24.3 Å². The van der Waals surface area contributed by atoms with E-state index in [0.717, 1.165) is 24.0 Å². The third kappa shape index (κ3) is 10.4. The van der Waals surface area contributed by atoms with Crippen molar-refractivity contribution in [2.75, 3.05) is 20.2 Å². The standard InChI is InChI=1S/C29H33ClFN7O2.C2H7N3/c1-2-21(32)6-3-5-19-13-23(26(31)24(30)14-19)25-15-20-16-38(29(39)37-27(20)36-25)22-9-7-18(8-10-22)17-40-12-4-11-35-28(33)34;1-5-2(3)4/h2,7-10,13-16,21H,1,3-6,11-12,17,32H2,(H4,33,34,35)(H,36,37,39);1H3,(H4,3,4,5). The molecule has 1 atom stereocenters. The average Bonchev–Trinajstić information content (AvgIpc) is 3.43. The zero-order chi connectivity index (χ0) is 32.9. The third-order valence-electron chi connectivity index (χ3n) is 6.67. The van der Waals surface area contributed by atoms with Gasteiger partial charge >= 0.3 is 5.69 Å². The molecule has 11 N–H and O–H groups in total. The van der Waals surface area contributed by atoms with Gasteiger partial charge in [-0.05, 0) is 67.1 Å². The van der Waals surface area contributed by atoms with Crippen molar-refractivity contribution in [3.8, 4) is 16.9 Å². The van der Waals surface area contributed by atoms with Gasteiger partial charge in [0, 0.05) is 43.4 Å². The van der Waals surface area contributed by atoms with Crippen molar-refractivity contribution in [3.63, 3.8) is 0 Å². The molecule has 2 aromatic heterocycles. The number of nitrogens with zero attached hydrogens (tertiary/aromatic N) is 4. The Morgan fingerprint density at radius 1 is 1.13 bits per heavy atom. The summed E-state index contributed by atoms with van der Waals surface area (Å²) >= 11 is 6.22. The number of hydrogen-bond donors (Lipinski definition) is 6. The van der Waals surface area contributed by atoms with Crippen LogP contribution in [-0.2, 0) is 17.8 Å². The number of nitrogens with one attached hydrogen (secondary N) is 1. The molecule has 0 saturated heterocycles. The SMILES string of the molecule is C=CC(N)CCCc1cc(Cl)c(F)c(-c2cc3cn(-c4ccc(COCCCN=C(N)N)cc4)c(=O)nc3[nH]2)c1.CN=C(N)N. The number of aromatic amines is 1. The second-order valence-corrected chi connectivity index (χ2v) is 10.5. The Hall–Kier alpha value is -4.72. The zero-order valence-corrected chi connectivity index (χ0v) is 25.9. The van der Waals surface area contributed by atoms with Gasteiger partial charge in [0.05, 0.1) is 23.0 Å². The molecule has 45 heavy (non-hydrogen) atoms. The maximum atomic E-state index is 15.0. The summed E-state index contributed by atoms with van der Waals surface area (Å²) in [6.07, 6.45) is 6.37. The molecular formula is C31H40ClFN10O2. The number of aromatic nitrogens is 3. The highest BCUT2D eigenvalue weighted by Gasteiger charge is 2.15. The number of H-pyrrole nitrogens is 1. The molecular weight excluding hydrogens is 599 g/mol. The minimum Gasteiger partial charge on any atom is -0.377 e. The number of rotatable bonds is 13. The number of hydrogen-bond acceptors (Lipinski definition) is 6. The molecule has 2 heterocycles. The predicted octanol–water partition coefficient (Wildman–Crippen LogP) is 3.08. The summed E-state index contributed by atoms with van der Waals surface area (Å²) in [5.74, 6) is -0.342. The molecule has 0 amide bonds. The molecule has 14 heteroatoms. The Balaban J connectivity index is 0.00000102. The Morgan fingerprint density at radius 2 is 1.84 bits per heavy atom. The van der Waals surface area contributed by atoms with Crippen molar-refractivity contribution in [1.29, 1.82) is 0 Å². The van der Waals surface area contributed by atoms with Gasteiger partial charge in [0.15, 0.2) is 17.7 Å². The number of halogens is 2. The van der Waals surface area contributed by atoms with Gasteiger partial charge in [0.25, 0.3) is 0 Å². The van der Waals surface area contributed by atoms with E-state index in [-0.39, 0.29) is 23.0 Å². The summed E-state index contributed by atoms with van der Waals surface area (Å²) in [5, 5.41) is 0.685. The Kier molecular flexibility index (Phi) is 13.1. The number of fused-ring (bicyclic) bond motifs is 1. The lowest BCUT2D eigenvalue weighted by atomic mass is 10.0. The first-order chi connectivity index (χ1) is 21.5. The van der Waals surface area contributed by atoms with E-state index >= 15 is 4.39 Å². The molecule has 4 aromatic rings. The number of nitrogens with two attached hydrogens (primary N) is 5. The van der Waals surface area contributed by atoms with Crippen LogP contribution in [0.25, 0.3) is 28.0 Å². The fourth-order valence-corrected chi connectivity index (χ4v) is 4.53. The minimum atomic E-state index is -0.538. The number of aliphatic imine (C=N–C) groups is 2. The van der Waals surface area contributed by atoms with E-state index in [0.29, 0.717) is 60.6 Å². The summed E-state index contributed by atoms with van der Waals surface area (Å²) < 4.78 is 22.1. The normalized spacial score (nSPS) is 11.4. The van der Waals surface area contributed by atoms with E-state index in [4.69, 9.17) is 45.0 Å². The lowest BCUT2D eigenvalue weighted by Gasteiger charge is -2.09. The van der Waals surface area contributed by atoms with Gasteiger partial charge in [-0.1, -0.05) is 29.8 Å². The van der Waals surface area contributed by atoms with Gasteiger partial charge in [-0.2, -0.15) is 4.98 Å². The summed E-state index contributed by atoms with van der Waals surface area (Å²) in [5.41, 5.74) is 29.3. The second-order valence-electron chi connectivity index (χ2n) is 10.1.